The van der Waals surface area contributed by atoms with E-state index < -0.39 is 0 Å². The molecule has 102 valence electrons. The monoisotopic (exact) mass is 267 g/mol. The van der Waals surface area contributed by atoms with Gasteiger partial charge < -0.3 is 10.5 Å². The van der Waals surface area contributed by atoms with Crippen LogP contribution in [-0.2, 0) is 12.8 Å². The third kappa shape index (κ3) is 2.67. The standard InChI is InChI=1S/C17H17NO2/c18-15-6-8-16(9-7-15)20-11-17(19)14-5-4-12-2-1-3-13(12)10-14/h4-10H,1-3,11,18H2. The Labute approximate surface area is 118 Å². The summed E-state index contributed by atoms with van der Waals surface area (Å²) in [5.74, 6) is 0.672. The molecule has 0 bridgehead atoms. The lowest BCUT2D eigenvalue weighted by atomic mass is 10.0. The first kappa shape index (κ1) is 12.7. The topological polar surface area (TPSA) is 52.3 Å². The number of hydrogen-bond acceptors (Lipinski definition) is 3. The number of carbonyl (C=O) groups excluding carboxylic acids is 1. The van der Waals surface area contributed by atoms with Gasteiger partial charge >= 0.3 is 0 Å². The van der Waals surface area contributed by atoms with Crippen LogP contribution in [0.2, 0.25) is 0 Å². The molecule has 0 fully saturated rings. The number of fused-ring (bicyclic) bond motifs is 1. The van der Waals surface area contributed by atoms with Gasteiger partial charge in [0, 0.05) is 11.3 Å². The maximum atomic E-state index is 12.1. The van der Waals surface area contributed by atoms with E-state index >= 15 is 0 Å². The summed E-state index contributed by atoms with van der Waals surface area (Å²) in [5.41, 5.74) is 9.71. The molecule has 3 nitrogen and oxygen atoms in total. The van der Waals surface area contributed by atoms with Gasteiger partial charge in [0.15, 0.2) is 12.4 Å². The van der Waals surface area contributed by atoms with Crippen LogP contribution < -0.4 is 10.5 Å². The van der Waals surface area contributed by atoms with Crippen LogP contribution in [0.3, 0.4) is 0 Å². The predicted octanol–water partition coefficient (Wildman–Crippen LogP) is 3.02. The first-order chi connectivity index (χ1) is 9.72. The number of rotatable bonds is 4. The fourth-order valence-corrected chi connectivity index (χ4v) is 2.54. The van der Waals surface area contributed by atoms with Crippen LogP contribution in [0.15, 0.2) is 42.5 Å². The Balaban J connectivity index is 1.66. The van der Waals surface area contributed by atoms with E-state index in [1.807, 2.05) is 12.1 Å². The van der Waals surface area contributed by atoms with E-state index in [0.717, 1.165) is 18.4 Å². The highest BCUT2D eigenvalue weighted by atomic mass is 16.5. The number of nitrogens with two attached hydrogens (primary N) is 1. The van der Waals surface area contributed by atoms with Gasteiger partial charge in [0.2, 0.25) is 0 Å². The highest BCUT2D eigenvalue weighted by Crippen LogP contribution is 2.23. The summed E-state index contributed by atoms with van der Waals surface area (Å²) >= 11 is 0. The number of aryl methyl sites for hydroxylation is 2. The highest BCUT2D eigenvalue weighted by molar-refractivity contribution is 5.97. The van der Waals surface area contributed by atoms with Crippen LogP contribution in [0.25, 0.3) is 0 Å². The molecule has 0 radical (unpaired) electrons. The maximum absolute atomic E-state index is 12.1. The van der Waals surface area contributed by atoms with Crippen molar-refractivity contribution in [3.8, 4) is 5.75 Å². The number of nitrogen functional groups attached to an aromatic ring is 1. The van der Waals surface area contributed by atoms with E-state index in [-0.39, 0.29) is 12.4 Å². The van der Waals surface area contributed by atoms with Gasteiger partial charge in [-0.15, -0.1) is 0 Å². The molecule has 0 unspecified atom stereocenters. The van der Waals surface area contributed by atoms with Gasteiger partial charge in [-0.1, -0.05) is 12.1 Å². The van der Waals surface area contributed by atoms with E-state index in [0.29, 0.717) is 11.4 Å². The smallest absolute Gasteiger partial charge is 0.200 e. The lowest BCUT2D eigenvalue weighted by Crippen LogP contribution is -2.12. The number of anilines is 1. The molecule has 0 atom stereocenters. The summed E-state index contributed by atoms with van der Waals surface area (Å²) in [6, 6.07) is 13.0. The fourth-order valence-electron chi connectivity index (χ4n) is 2.54. The number of benzene rings is 2. The van der Waals surface area contributed by atoms with Crippen molar-refractivity contribution in [2.75, 3.05) is 12.3 Å². The minimum Gasteiger partial charge on any atom is -0.485 e. The minimum atomic E-state index is 0.0107. The number of ether oxygens (including phenoxy) is 1. The molecule has 20 heavy (non-hydrogen) atoms. The zero-order valence-electron chi connectivity index (χ0n) is 11.3. The zero-order chi connectivity index (χ0) is 13.9. The molecule has 1 aliphatic carbocycles. The second-order valence-electron chi connectivity index (χ2n) is 5.12. The van der Waals surface area contributed by atoms with Crippen LogP contribution >= 0.6 is 0 Å². The van der Waals surface area contributed by atoms with Gasteiger partial charge in [-0.2, -0.15) is 0 Å². The highest BCUT2D eigenvalue weighted by Gasteiger charge is 2.14. The van der Waals surface area contributed by atoms with Gasteiger partial charge in [0.1, 0.15) is 5.75 Å². The van der Waals surface area contributed by atoms with Crippen molar-refractivity contribution < 1.29 is 9.53 Å². The largest absolute Gasteiger partial charge is 0.485 e. The van der Waals surface area contributed by atoms with Gasteiger partial charge in [-0.25, -0.2) is 0 Å². The second kappa shape index (κ2) is 5.37. The van der Waals surface area contributed by atoms with Crippen LogP contribution in [0, 0.1) is 0 Å². The Morgan fingerprint density at radius 1 is 1.05 bits per heavy atom. The van der Waals surface area contributed by atoms with Crippen molar-refractivity contribution >= 4 is 11.5 Å². The Hall–Kier alpha value is -2.29. The van der Waals surface area contributed by atoms with Crippen molar-refractivity contribution in [2.24, 2.45) is 0 Å². The summed E-state index contributed by atoms with van der Waals surface area (Å²) in [7, 11) is 0. The number of ketones is 1. The first-order valence-electron chi connectivity index (χ1n) is 6.86. The van der Waals surface area contributed by atoms with Crippen LogP contribution in [0.4, 0.5) is 5.69 Å². The molecule has 2 aromatic rings. The van der Waals surface area contributed by atoms with E-state index in [4.69, 9.17) is 10.5 Å². The molecule has 0 heterocycles. The number of Topliss-reactive ketones (excluding diaryl/α,β-unsaturated/α-hetero) is 1. The van der Waals surface area contributed by atoms with Crippen molar-refractivity contribution in [3.63, 3.8) is 0 Å². The third-order valence-electron chi connectivity index (χ3n) is 3.67. The Morgan fingerprint density at radius 2 is 1.80 bits per heavy atom. The van der Waals surface area contributed by atoms with Gasteiger partial charge in [0.05, 0.1) is 0 Å². The predicted molar refractivity (Wildman–Crippen MR) is 79.1 cm³/mol. The van der Waals surface area contributed by atoms with Crippen LogP contribution in [-0.4, -0.2) is 12.4 Å². The SMILES string of the molecule is Nc1ccc(OCC(=O)c2ccc3c(c2)CCC3)cc1. The number of hydrogen-bond donors (Lipinski definition) is 1. The van der Waals surface area contributed by atoms with E-state index in [2.05, 4.69) is 6.07 Å². The molecule has 0 aliphatic heterocycles. The first-order valence-corrected chi connectivity index (χ1v) is 6.86. The molecule has 0 amide bonds. The molecule has 2 aromatic carbocycles. The maximum Gasteiger partial charge on any atom is 0.200 e. The average molecular weight is 267 g/mol. The summed E-state index contributed by atoms with van der Waals surface area (Å²) in [4.78, 5) is 12.1. The molecular formula is C17H17NO2. The normalized spacial score (nSPS) is 13.0. The van der Waals surface area contributed by atoms with E-state index in [1.54, 1.807) is 24.3 Å². The van der Waals surface area contributed by atoms with Gasteiger partial charge in [-0.3, -0.25) is 4.79 Å². The molecule has 0 aromatic heterocycles. The van der Waals surface area contributed by atoms with Crippen LogP contribution in [0.1, 0.15) is 27.9 Å². The number of carbonyl (C=O) groups is 1. The average Bonchev–Trinajstić information content (AvgIpc) is 2.93. The lowest BCUT2D eigenvalue weighted by Gasteiger charge is -2.07. The summed E-state index contributed by atoms with van der Waals surface area (Å²) in [5, 5.41) is 0. The zero-order valence-corrected chi connectivity index (χ0v) is 11.3. The minimum absolute atomic E-state index is 0.0107. The Kier molecular flexibility index (Phi) is 3.42. The Bertz CT molecular complexity index is 632. The lowest BCUT2D eigenvalue weighted by molar-refractivity contribution is 0.0921. The molecule has 1 aliphatic rings. The fraction of sp³-hybridized carbons (Fsp3) is 0.235. The Morgan fingerprint density at radius 3 is 2.60 bits per heavy atom. The molecule has 2 N–H and O–H groups in total. The summed E-state index contributed by atoms with van der Waals surface area (Å²) < 4.78 is 5.49. The molecule has 0 saturated carbocycles. The van der Waals surface area contributed by atoms with E-state index in [1.165, 1.54) is 17.5 Å². The van der Waals surface area contributed by atoms with Crippen molar-refractivity contribution in [2.45, 2.75) is 19.3 Å². The third-order valence-corrected chi connectivity index (χ3v) is 3.67. The molecule has 0 saturated heterocycles. The second-order valence-corrected chi connectivity index (χ2v) is 5.12. The molecular weight excluding hydrogens is 250 g/mol. The van der Waals surface area contributed by atoms with Crippen LogP contribution in [0.5, 0.6) is 5.75 Å². The van der Waals surface area contributed by atoms with Gasteiger partial charge in [0.25, 0.3) is 0 Å². The summed E-state index contributed by atoms with van der Waals surface area (Å²) in [6.45, 7) is 0.0582. The van der Waals surface area contributed by atoms with Crippen molar-refractivity contribution in [1.29, 1.82) is 0 Å². The van der Waals surface area contributed by atoms with Crippen molar-refractivity contribution in [1.82, 2.24) is 0 Å². The quantitative estimate of drug-likeness (QED) is 0.684. The van der Waals surface area contributed by atoms with Crippen molar-refractivity contribution in [3.05, 3.63) is 59.2 Å². The molecule has 0 spiro atoms. The van der Waals surface area contributed by atoms with Gasteiger partial charge in [-0.05, 0) is 60.7 Å². The molecule has 3 rings (SSSR count). The van der Waals surface area contributed by atoms with E-state index in [9.17, 15) is 4.79 Å². The summed E-state index contributed by atoms with van der Waals surface area (Å²) in [6.07, 6.45) is 3.40. The molecule has 3 heteroatoms.